The maximum Gasteiger partial charge on any atom is 0.413 e. The molecule has 0 unspecified atom stereocenters. The molecule has 96 valence electrons. The van der Waals surface area contributed by atoms with Crippen LogP contribution >= 0.6 is 15.9 Å². The second-order valence-electron chi connectivity index (χ2n) is 4.70. The Hall–Kier alpha value is -1.63. The number of fused-ring (bicyclic) bond motifs is 1. The number of hydrogen-bond acceptors (Lipinski definition) is 4. The lowest BCUT2D eigenvalue weighted by molar-refractivity contribution is 0.0635. The SMILES string of the molecule is CC(C)(C)OC(=O)Nc1ccc2ncc(Br)n2n1. The Kier molecular flexibility index (Phi) is 3.25. The van der Waals surface area contributed by atoms with E-state index in [0.29, 0.717) is 16.1 Å². The van der Waals surface area contributed by atoms with Gasteiger partial charge in [0.05, 0.1) is 6.20 Å². The minimum atomic E-state index is -0.538. The van der Waals surface area contributed by atoms with Crippen LogP contribution in [-0.4, -0.2) is 26.3 Å². The number of imidazole rings is 1. The van der Waals surface area contributed by atoms with E-state index in [1.54, 1.807) is 43.6 Å². The summed E-state index contributed by atoms with van der Waals surface area (Å²) >= 11 is 3.31. The summed E-state index contributed by atoms with van der Waals surface area (Å²) in [6.45, 7) is 5.40. The molecule has 0 saturated heterocycles. The van der Waals surface area contributed by atoms with E-state index in [-0.39, 0.29) is 0 Å². The average molecular weight is 313 g/mol. The molecule has 0 radical (unpaired) electrons. The first-order valence-corrected chi connectivity index (χ1v) is 6.15. The molecular weight excluding hydrogens is 300 g/mol. The molecule has 2 aromatic heterocycles. The lowest BCUT2D eigenvalue weighted by Crippen LogP contribution is -2.27. The van der Waals surface area contributed by atoms with Crippen molar-refractivity contribution >= 4 is 33.5 Å². The van der Waals surface area contributed by atoms with E-state index in [9.17, 15) is 4.79 Å². The van der Waals surface area contributed by atoms with Crippen molar-refractivity contribution in [1.82, 2.24) is 14.6 Å². The molecule has 0 fully saturated rings. The molecule has 2 aromatic rings. The fourth-order valence-electron chi connectivity index (χ4n) is 1.32. The van der Waals surface area contributed by atoms with Gasteiger partial charge in [0.15, 0.2) is 11.5 Å². The van der Waals surface area contributed by atoms with Gasteiger partial charge < -0.3 is 4.74 Å². The Morgan fingerprint density at radius 1 is 1.44 bits per heavy atom. The third-order valence-electron chi connectivity index (χ3n) is 1.95. The van der Waals surface area contributed by atoms with Crippen LogP contribution in [0, 0.1) is 0 Å². The Morgan fingerprint density at radius 3 is 2.83 bits per heavy atom. The molecule has 7 heteroatoms. The number of carbonyl (C=O) groups is 1. The molecule has 0 aliphatic heterocycles. The van der Waals surface area contributed by atoms with Gasteiger partial charge in [-0.2, -0.15) is 0 Å². The van der Waals surface area contributed by atoms with Gasteiger partial charge in [-0.15, -0.1) is 5.10 Å². The zero-order valence-corrected chi connectivity index (χ0v) is 11.9. The van der Waals surface area contributed by atoms with E-state index in [1.165, 1.54) is 0 Å². The monoisotopic (exact) mass is 312 g/mol. The van der Waals surface area contributed by atoms with Crippen LogP contribution < -0.4 is 5.32 Å². The molecule has 0 aliphatic rings. The summed E-state index contributed by atoms with van der Waals surface area (Å²) in [4.78, 5) is 15.7. The maximum atomic E-state index is 11.6. The smallest absolute Gasteiger partial charge is 0.413 e. The molecule has 2 heterocycles. The van der Waals surface area contributed by atoms with Crippen molar-refractivity contribution < 1.29 is 9.53 Å². The molecule has 6 nitrogen and oxygen atoms in total. The van der Waals surface area contributed by atoms with E-state index in [2.05, 4.69) is 31.3 Å². The highest BCUT2D eigenvalue weighted by atomic mass is 79.9. The molecule has 0 aliphatic carbocycles. The molecule has 1 amide bonds. The zero-order chi connectivity index (χ0) is 13.3. The fourth-order valence-corrected chi connectivity index (χ4v) is 1.68. The fraction of sp³-hybridized carbons (Fsp3) is 0.364. The number of rotatable bonds is 1. The number of hydrogen-bond donors (Lipinski definition) is 1. The first-order valence-electron chi connectivity index (χ1n) is 5.35. The van der Waals surface area contributed by atoms with Crippen molar-refractivity contribution in [2.75, 3.05) is 5.32 Å². The van der Waals surface area contributed by atoms with Crippen LogP contribution in [0.3, 0.4) is 0 Å². The minimum absolute atomic E-state index is 0.399. The third-order valence-corrected chi connectivity index (χ3v) is 2.49. The second-order valence-corrected chi connectivity index (χ2v) is 5.51. The van der Waals surface area contributed by atoms with Crippen molar-refractivity contribution in [3.05, 3.63) is 22.9 Å². The summed E-state index contributed by atoms with van der Waals surface area (Å²) in [5, 5.41) is 6.77. The number of nitrogens with one attached hydrogen (secondary N) is 1. The number of aromatic nitrogens is 3. The summed E-state index contributed by atoms with van der Waals surface area (Å²) in [6.07, 6.45) is 1.10. The van der Waals surface area contributed by atoms with Crippen molar-refractivity contribution in [2.24, 2.45) is 0 Å². The van der Waals surface area contributed by atoms with Crippen molar-refractivity contribution in [2.45, 2.75) is 26.4 Å². The van der Waals surface area contributed by atoms with Gasteiger partial charge in [0.1, 0.15) is 10.2 Å². The molecule has 0 bridgehead atoms. The maximum absolute atomic E-state index is 11.6. The minimum Gasteiger partial charge on any atom is -0.444 e. The van der Waals surface area contributed by atoms with Gasteiger partial charge >= 0.3 is 6.09 Å². The zero-order valence-electron chi connectivity index (χ0n) is 10.3. The molecule has 0 saturated carbocycles. The topological polar surface area (TPSA) is 68.5 Å². The highest BCUT2D eigenvalue weighted by Crippen LogP contribution is 2.14. The van der Waals surface area contributed by atoms with Gasteiger partial charge in [0, 0.05) is 0 Å². The van der Waals surface area contributed by atoms with Crippen LogP contribution in [0.2, 0.25) is 0 Å². The van der Waals surface area contributed by atoms with E-state index < -0.39 is 11.7 Å². The summed E-state index contributed by atoms with van der Waals surface area (Å²) in [6, 6.07) is 3.42. The summed E-state index contributed by atoms with van der Waals surface area (Å²) < 4.78 is 7.43. The Morgan fingerprint density at radius 2 is 2.17 bits per heavy atom. The molecule has 0 atom stereocenters. The summed E-state index contributed by atoms with van der Waals surface area (Å²) in [5.74, 6) is 0.399. The Labute approximate surface area is 112 Å². The lowest BCUT2D eigenvalue weighted by Gasteiger charge is -2.19. The van der Waals surface area contributed by atoms with E-state index in [0.717, 1.165) is 0 Å². The standard InChI is InChI=1S/C11H13BrN4O2/c1-11(2,3)18-10(17)14-8-4-5-9-13-6-7(12)16(9)15-8/h4-6H,1-3H3,(H,14,15,17). The predicted octanol–water partition coefficient (Wildman–Crippen LogP) is 2.84. The van der Waals surface area contributed by atoms with Gasteiger partial charge in [-0.3, -0.25) is 5.32 Å². The van der Waals surface area contributed by atoms with Gasteiger partial charge in [-0.1, -0.05) is 0 Å². The van der Waals surface area contributed by atoms with Crippen molar-refractivity contribution in [3.8, 4) is 0 Å². The number of nitrogens with zero attached hydrogens (tertiary/aromatic N) is 3. The largest absolute Gasteiger partial charge is 0.444 e. The number of anilines is 1. The normalized spacial score (nSPS) is 11.6. The molecule has 1 N–H and O–H groups in total. The van der Waals surface area contributed by atoms with E-state index >= 15 is 0 Å². The highest BCUT2D eigenvalue weighted by molar-refractivity contribution is 9.10. The summed E-state index contributed by atoms with van der Waals surface area (Å²) in [5.41, 5.74) is 0.153. The number of carbonyl (C=O) groups excluding carboxylic acids is 1. The van der Waals surface area contributed by atoms with Gasteiger partial charge in [-0.25, -0.2) is 14.3 Å². The first-order chi connectivity index (χ1) is 8.35. The predicted molar refractivity (Wildman–Crippen MR) is 70.5 cm³/mol. The Bertz CT molecular complexity index is 588. The number of amides is 1. The van der Waals surface area contributed by atoms with Crippen LogP contribution in [0.5, 0.6) is 0 Å². The first kappa shape index (κ1) is 12.8. The molecule has 0 spiro atoms. The van der Waals surface area contributed by atoms with Crippen LogP contribution in [0.25, 0.3) is 5.65 Å². The summed E-state index contributed by atoms with van der Waals surface area (Å²) in [7, 11) is 0. The van der Waals surface area contributed by atoms with E-state index in [4.69, 9.17) is 4.74 Å². The molecule has 2 rings (SSSR count). The van der Waals surface area contributed by atoms with Crippen molar-refractivity contribution in [1.29, 1.82) is 0 Å². The lowest BCUT2D eigenvalue weighted by atomic mass is 10.2. The van der Waals surface area contributed by atoms with Crippen LogP contribution in [-0.2, 0) is 4.74 Å². The second kappa shape index (κ2) is 4.56. The average Bonchev–Trinajstić information content (AvgIpc) is 2.57. The molecule has 0 aromatic carbocycles. The highest BCUT2D eigenvalue weighted by Gasteiger charge is 2.16. The van der Waals surface area contributed by atoms with Crippen molar-refractivity contribution in [3.63, 3.8) is 0 Å². The van der Waals surface area contributed by atoms with Crippen LogP contribution in [0.4, 0.5) is 10.6 Å². The number of ether oxygens (including phenoxy) is 1. The van der Waals surface area contributed by atoms with Crippen LogP contribution in [0.15, 0.2) is 22.9 Å². The molecule has 18 heavy (non-hydrogen) atoms. The Balaban J connectivity index is 2.17. The third kappa shape index (κ3) is 2.98. The van der Waals surface area contributed by atoms with E-state index in [1.807, 2.05) is 0 Å². The van der Waals surface area contributed by atoms with Gasteiger partial charge in [0.25, 0.3) is 0 Å². The van der Waals surface area contributed by atoms with Gasteiger partial charge in [0.2, 0.25) is 0 Å². The molecular formula is C11H13BrN4O2. The quantitative estimate of drug-likeness (QED) is 0.879. The number of halogens is 1. The van der Waals surface area contributed by atoms with Crippen LogP contribution in [0.1, 0.15) is 20.8 Å². The van der Waals surface area contributed by atoms with Gasteiger partial charge in [-0.05, 0) is 48.8 Å².